The molecule has 2 rings (SSSR count). The molecule has 0 aliphatic heterocycles. The highest BCUT2D eigenvalue weighted by Crippen LogP contribution is 2.38. The van der Waals surface area contributed by atoms with Crippen molar-refractivity contribution in [2.24, 2.45) is 5.41 Å². The molecule has 1 aliphatic carbocycles. The SMILES string of the molecule is Cc1cccc(C(=O)NCC2(CCl)CCCC2)c1Cl. The number of carbonyl (C=O) groups is 1. The van der Waals surface area contributed by atoms with Crippen molar-refractivity contribution in [2.75, 3.05) is 12.4 Å². The summed E-state index contributed by atoms with van der Waals surface area (Å²) < 4.78 is 0. The number of carbonyl (C=O) groups excluding carboxylic acids is 1. The summed E-state index contributed by atoms with van der Waals surface area (Å²) in [5.41, 5.74) is 1.54. The van der Waals surface area contributed by atoms with Crippen molar-refractivity contribution in [3.8, 4) is 0 Å². The third-order valence-corrected chi connectivity index (χ3v) is 5.08. The molecule has 1 fully saturated rings. The Balaban J connectivity index is 2.03. The molecule has 1 amide bonds. The van der Waals surface area contributed by atoms with E-state index in [1.807, 2.05) is 19.1 Å². The summed E-state index contributed by atoms with van der Waals surface area (Å²) in [6.45, 7) is 2.54. The predicted molar refractivity (Wildman–Crippen MR) is 80.1 cm³/mol. The number of amides is 1. The normalized spacial score (nSPS) is 17.4. The maximum absolute atomic E-state index is 12.2. The molecule has 2 nitrogen and oxygen atoms in total. The first kappa shape index (κ1) is 14.7. The largest absolute Gasteiger partial charge is 0.351 e. The second-order valence-corrected chi connectivity index (χ2v) is 6.11. The number of aryl methyl sites for hydroxylation is 1. The van der Waals surface area contributed by atoms with Gasteiger partial charge >= 0.3 is 0 Å². The summed E-state index contributed by atoms with van der Waals surface area (Å²) in [7, 11) is 0. The van der Waals surface area contributed by atoms with Gasteiger partial charge in [-0.05, 0) is 31.4 Å². The molecule has 19 heavy (non-hydrogen) atoms. The Morgan fingerprint density at radius 1 is 1.37 bits per heavy atom. The molecule has 0 saturated heterocycles. The van der Waals surface area contributed by atoms with Gasteiger partial charge in [0.25, 0.3) is 5.91 Å². The summed E-state index contributed by atoms with van der Waals surface area (Å²) in [5.74, 6) is 0.500. The van der Waals surface area contributed by atoms with Gasteiger partial charge in [-0.1, -0.05) is 36.6 Å². The van der Waals surface area contributed by atoms with Gasteiger partial charge in [-0.25, -0.2) is 0 Å². The van der Waals surface area contributed by atoms with E-state index in [-0.39, 0.29) is 11.3 Å². The van der Waals surface area contributed by atoms with Crippen LogP contribution in [0, 0.1) is 12.3 Å². The molecular formula is C15H19Cl2NO. The van der Waals surface area contributed by atoms with Crippen LogP contribution in [0.2, 0.25) is 5.02 Å². The molecule has 0 aromatic heterocycles. The lowest BCUT2D eigenvalue weighted by molar-refractivity contribution is 0.0935. The van der Waals surface area contributed by atoms with E-state index in [1.54, 1.807) is 6.07 Å². The van der Waals surface area contributed by atoms with E-state index in [4.69, 9.17) is 23.2 Å². The average molecular weight is 300 g/mol. The molecule has 1 saturated carbocycles. The minimum atomic E-state index is -0.106. The molecule has 1 aromatic rings. The summed E-state index contributed by atoms with van der Waals surface area (Å²) in [6.07, 6.45) is 4.60. The van der Waals surface area contributed by atoms with Gasteiger partial charge in [0.1, 0.15) is 0 Å². The lowest BCUT2D eigenvalue weighted by Crippen LogP contribution is -2.37. The molecule has 0 atom stereocenters. The van der Waals surface area contributed by atoms with E-state index in [2.05, 4.69) is 5.32 Å². The van der Waals surface area contributed by atoms with Crippen molar-refractivity contribution in [2.45, 2.75) is 32.6 Å². The fourth-order valence-corrected chi connectivity index (χ4v) is 3.24. The van der Waals surface area contributed by atoms with E-state index >= 15 is 0 Å². The van der Waals surface area contributed by atoms with E-state index in [9.17, 15) is 4.79 Å². The predicted octanol–water partition coefficient (Wildman–Crippen LogP) is 4.18. The first-order valence-electron chi connectivity index (χ1n) is 6.67. The quantitative estimate of drug-likeness (QED) is 0.830. The monoisotopic (exact) mass is 299 g/mol. The lowest BCUT2D eigenvalue weighted by Gasteiger charge is -2.26. The molecule has 0 spiro atoms. The van der Waals surface area contributed by atoms with Crippen molar-refractivity contribution in [1.29, 1.82) is 0 Å². The van der Waals surface area contributed by atoms with Crippen LogP contribution in [0.4, 0.5) is 0 Å². The molecule has 104 valence electrons. The van der Waals surface area contributed by atoms with Crippen LogP contribution >= 0.6 is 23.2 Å². The van der Waals surface area contributed by atoms with Crippen LogP contribution in [0.5, 0.6) is 0 Å². The van der Waals surface area contributed by atoms with Crippen molar-refractivity contribution in [1.82, 2.24) is 5.32 Å². The number of hydrogen-bond acceptors (Lipinski definition) is 1. The zero-order chi connectivity index (χ0) is 13.9. The molecule has 0 bridgehead atoms. The minimum Gasteiger partial charge on any atom is -0.351 e. The van der Waals surface area contributed by atoms with Crippen LogP contribution in [0.15, 0.2) is 18.2 Å². The van der Waals surface area contributed by atoms with Gasteiger partial charge in [0, 0.05) is 17.8 Å². The molecule has 4 heteroatoms. The number of benzene rings is 1. The molecular weight excluding hydrogens is 281 g/mol. The maximum Gasteiger partial charge on any atom is 0.252 e. The van der Waals surface area contributed by atoms with Gasteiger partial charge in [0.2, 0.25) is 0 Å². The first-order valence-corrected chi connectivity index (χ1v) is 7.58. The fraction of sp³-hybridized carbons (Fsp3) is 0.533. The highest BCUT2D eigenvalue weighted by atomic mass is 35.5. The zero-order valence-electron chi connectivity index (χ0n) is 11.1. The standard InChI is InChI=1S/C15H19Cl2NO/c1-11-5-4-6-12(13(11)17)14(19)18-10-15(9-16)7-2-3-8-15/h4-6H,2-3,7-10H2,1H3,(H,18,19). The van der Waals surface area contributed by atoms with E-state index in [0.717, 1.165) is 18.4 Å². The second-order valence-electron chi connectivity index (χ2n) is 5.46. The van der Waals surface area contributed by atoms with Crippen LogP contribution in [0.1, 0.15) is 41.6 Å². The smallest absolute Gasteiger partial charge is 0.252 e. The van der Waals surface area contributed by atoms with E-state index in [1.165, 1.54) is 12.8 Å². The number of alkyl halides is 1. The lowest BCUT2D eigenvalue weighted by atomic mass is 9.88. The molecule has 1 N–H and O–H groups in total. The number of hydrogen-bond donors (Lipinski definition) is 1. The van der Waals surface area contributed by atoms with E-state index in [0.29, 0.717) is 23.0 Å². The van der Waals surface area contributed by atoms with Gasteiger partial charge < -0.3 is 5.32 Å². The number of halogens is 2. The highest BCUT2D eigenvalue weighted by Gasteiger charge is 2.33. The Bertz CT molecular complexity index is 467. The third kappa shape index (κ3) is 3.24. The topological polar surface area (TPSA) is 29.1 Å². The molecule has 0 radical (unpaired) electrons. The Morgan fingerprint density at radius 3 is 2.68 bits per heavy atom. The summed E-state index contributed by atoms with van der Waals surface area (Å²) in [5, 5.41) is 3.53. The molecule has 0 unspecified atom stereocenters. The van der Waals surface area contributed by atoms with Gasteiger partial charge in [0.15, 0.2) is 0 Å². The molecule has 1 aliphatic rings. The van der Waals surface area contributed by atoms with Gasteiger partial charge in [-0.3, -0.25) is 4.79 Å². The van der Waals surface area contributed by atoms with Gasteiger partial charge in [-0.15, -0.1) is 11.6 Å². The van der Waals surface area contributed by atoms with Crippen molar-refractivity contribution in [3.63, 3.8) is 0 Å². The Hall–Kier alpha value is -0.730. The Morgan fingerprint density at radius 2 is 2.05 bits per heavy atom. The average Bonchev–Trinajstić information content (AvgIpc) is 2.89. The molecule has 0 heterocycles. The Kier molecular flexibility index (Phi) is 4.75. The minimum absolute atomic E-state index is 0.0769. The van der Waals surface area contributed by atoms with Crippen molar-refractivity contribution >= 4 is 29.1 Å². The van der Waals surface area contributed by atoms with Gasteiger partial charge in [0.05, 0.1) is 10.6 Å². The number of nitrogens with one attached hydrogen (secondary N) is 1. The van der Waals surface area contributed by atoms with Crippen LogP contribution in [-0.2, 0) is 0 Å². The maximum atomic E-state index is 12.2. The van der Waals surface area contributed by atoms with Crippen LogP contribution in [0.3, 0.4) is 0 Å². The second kappa shape index (κ2) is 6.15. The Labute approximate surface area is 124 Å². The van der Waals surface area contributed by atoms with Crippen LogP contribution in [-0.4, -0.2) is 18.3 Å². The van der Waals surface area contributed by atoms with Gasteiger partial charge in [-0.2, -0.15) is 0 Å². The van der Waals surface area contributed by atoms with Crippen molar-refractivity contribution < 1.29 is 4.79 Å². The van der Waals surface area contributed by atoms with Crippen molar-refractivity contribution in [3.05, 3.63) is 34.3 Å². The fourth-order valence-electron chi connectivity index (χ4n) is 2.67. The summed E-state index contributed by atoms with van der Waals surface area (Å²) in [6, 6.07) is 5.51. The van der Waals surface area contributed by atoms with Crippen LogP contribution < -0.4 is 5.32 Å². The third-order valence-electron chi connectivity index (χ3n) is 4.01. The summed E-state index contributed by atoms with van der Waals surface area (Å²) >= 11 is 12.2. The van der Waals surface area contributed by atoms with E-state index < -0.39 is 0 Å². The number of rotatable bonds is 4. The van der Waals surface area contributed by atoms with Crippen LogP contribution in [0.25, 0.3) is 0 Å². The highest BCUT2D eigenvalue weighted by molar-refractivity contribution is 6.34. The first-order chi connectivity index (χ1) is 9.08. The summed E-state index contributed by atoms with van der Waals surface area (Å²) in [4.78, 5) is 12.2. The zero-order valence-corrected chi connectivity index (χ0v) is 12.7. The molecule has 1 aromatic carbocycles.